The van der Waals surface area contributed by atoms with Crippen LogP contribution in [0.25, 0.3) is 0 Å². The molecule has 0 atom stereocenters. The number of amides is 2. The van der Waals surface area contributed by atoms with Crippen LogP contribution in [0.2, 0.25) is 5.02 Å². The van der Waals surface area contributed by atoms with Crippen molar-refractivity contribution in [2.24, 2.45) is 0 Å². The molecular formula is C20H25ClFN5O4. The minimum absolute atomic E-state index is 0.0295. The molecule has 0 bridgehead atoms. The van der Waals surface area contributed by atoms with Gasteiger partial charge in [0.2, 0.25) is 0 Å². The zero-order valence-corrected chi connectivity index (χ0v) is 18.9. The van der Waals surface area contributed by atoms with Crippen LogP contribution in [0.4, 0.5) is 37.0 Å². The molecular weight excluding hydrogens is 429 g/mol. The number of ether oxygens (including phenoxy) is 2. The summed E-state index contributed by atoms with van der Waals surface area (Å²) in [6.45, 7) is 9.81. The van der Waals surface area contributed by atoms with Crippen LogP contribution in [0, 0.1) is 5.82 Å². The zero-order valence-electron chi connectivity index (χ0n) is 18.1. The standard InChI is InChI=1S/C20H25ClFN5O4/c1-19(2,3)30-17(28)27(18(29)31-20(4,5)6)16-14(21)15(24-10-25-16)26-13-8-7-11(23)9-12(13)22/h7-10H,23H2,1-6H3,(H,24,25,26). The average molecular weight is 454 g/mol. The van der Waals surface area contributed by atoms with E-state index < -0.39 is 29.2 Å². The lowest BCUT2D eigenvalue weighted by Crippen LogP contribution is -2.44. The maximum Gasteiger partial charge on any atom is 0.425 e. The normalized spacial score (nSPS) is 11.6. The SMILES string of the molecule is CC(C)(C)OC(=O)N(C(=O)OC(C)(C)C)c1ncnc(Nc2ccc(N)cc2F)c1Cl. The van der Waals surface area contributed by atoms with E-state index in [4.69, 9.17) is 26.8 Å². The maximum absolute atomic E-state index is 14.2. The van der Waals surface area contributed by atoms with Crippen LogP contribution in [0.3, 0.4) is 0 Å². The van der Waals surface area contributed by atoms with Crippen molar-refractivity contribution < 1.29 is 23.5 Å². The van der Waals surface area contributed by atoms with Crippen molar-refractivity contribution in [2.75, 3.05) is 16.0 Å². The molecule has 0 aliphatic rings. The van der Waals surface area contributed by atoms with E-state index in [1.807, 2.05) is 0 Å². The fourth-order valence-electron chi connectivity index (χ4n) is 2.23. The lowest BCUT2D eigenvalue weighted by molar-refractivity contribution is 0.0429. The second kappa shape index (κ2) is 8.93. The molecule has 168 valence electrons. The summed E-state index contributed by atoms with van der Waals surface area (Å²) < 4.78 is 24.8. The molecule has 0 saturated heterocycles. The summed E-state index contributed by atoms with van der Waals surface area (Å²) in [5, 5.41) is 2.47. The first-order valence-electron chi connectivity index (χ1n) is 9.26. The summed E-state index contributed by atoms with van der Waals surface area (Å²) in [5.41, 5.74) is 3.99. The Balaban J connectivity index is 2.49. The number of hydrogen-bond acceptors (Lipinski definition) is 8. The van der Waals surface area contributed by atoms with Gasteiger partial charge in [0.1, 0.15) is 28.4 Å². The number of nitrogen functional groups attached to an aromatic ring is 1. The van der Waals surface area contributed by atoms with E-state index in [2.05, 4.69) is 15.3 Å². The van der Waals surface area contributed by atoms with Crippen LogP contribution in [-0.4, -0.2) is 33.4 Å². The highest BCUT2D eigenvalue weighted by atomic mass is 35.5. The first-order valence-corrected chi connectivity index (χ1v) is 9.64. The summed E-state index contributed by atoms with van der Waals surface area (Å²) in [6, 6.07) is 3.99. The van der Waals surface area contributed by atoms with Gasteiger partial charge in [-0.15, -0.1) is 0 Å². The van der Waals surface area contributed by atoms with Crippen molar-refractivity contribution in [3.05, 3.63) is 35.4 Å². The van der Waals surface area contributed by atoms with Gasteiger partial charge in [0, 0.05) is 5.69 Å². The third kappa shape index (κ3) is 6.68. The van der Waals surface area contributed by atoms with E-state index in [9.17, 15) is 14.0 Å². The molecule has 1 aromatic heterocycles. The first kappa shape index (κ1) is 24.1. The Morgan fingerprint density at radius 3 is 2.10 bits per heavy atom. The van der Waals surface area contributed by atoms with Gasteiger partial charge in [0.25, 0.3) is 0 Å². The number of imide groups is 1. The van der Waals surface area contributed by atoms with Crippen LogP contribution in [0.5, 0.6) is 0 Å². The molecule has 0 fully saturated rings. The third-order valence-corrected chi connectivity index (χ3v) is 3.73. The van der Waals surface area contributed by atoms with Crippen LogP contribution in [0.1, 0.15) is 41.5 Å². The quantitative estimate of drug-likeness (QED) is 0.603. The molecule has 0 aliphatic carbocycles. The van der Waals surface area contributed by atoms with Crippen molar-refractivity contribution >= 4 is 46.8 Å². The molecule has 3 N–H and O–H groups in total. The number of benzene rings is 1. The lowest BCUT2D eigenvalue weighted by atomic mass is 10.2. The Labute approximate surface area is 184 Å². The van der Waals surface area contributed by atoms with Crippen LogP contribution >= 0.6 is 11.6 Å². The number of anilines is 4. The predicted molar refractivity (Wildman–Crippen MR) is 116 cm³/mol. The van der Waals surface area contributed by atoms with E-state index in [1.165, 1.54) is 12.1 Å². The molecule has 9 nitrogen and oxygen atoms in total. The number of carbonyl (C=O) groups excluding carboxylic acids is 2. The fraction of sp³-hybridized carbons (Fsp3) is 0.400. The molecule has 1 aromatic carbocycles. The van der Waals surface area contributed by atoms with Crippen molar-refractivity contribution in [1.29, 1.82) is 0 Å². The Morgan fingerprint density at radius 1 is 1.06 bits per heavy atom. The summed E-state index contributed by atoms with van der Waals surface area (Å²) in [7, 11) is 0. The van der Waals surface area contributed by atoms with Gasteiger partial charge in [-0.1, -0.05) is 11.6 Å². The van der Waals surface area contributed by atoms with Crippen LogP contribution in [0.15, 0.2) is 24.5 Å². The Bertz CT molecular complexity index is 961. The van der Waals surface area contributed by atoms with Crippen LogP contribution < -0.4 is 16.0 Å². The third-order valence-electron chi connectivity index (χ3n) is 3.38. The number of nitrogens with one attached hydrogen (secondary N) is 1. The fourth-order valence-corrected chi connectivity index (χ4v) is 2.46. The number of rotatable bonds is 3. The van der Waals surface area contributed by atoms with Crippen molar-refractivity contribution in [3.63, 3.8) is 0 Å². The highest BCUT2D eigenvalue weighted by Gasteiger charge is 2.35. The average Bonchev–Trinajstić information content (AvgIpc) is 2.57. The van der Waals surface area contributed by atoms with Gasteiger partial charge in [0.15, 0.2) is 11.6 Å². The molecule has 2 rings (SSSR count). The molecule has 2 amide bonds. The molecule has 31 heavy (non-hydrogen) atoms. The Hall–Kier alpha value is -3.14. The molecule has 2 aromatic rings. The van der Waals surface area contributed by atoms with Gasteiger partial charge in [0.05, 0.1) is 5.69 Å². The molecule has 0 spiro atoms. The van der Waals surface area contributed by atoms with Gasteiger partial charge < -0.3 is 20.5 Å². The molecule has 0 aliphatic heterocycles. The largest absolute Gasteiger partial charge is 0.443 e. The predicted octanol–water partition coefficient (Wildman–Crippen LogP) is 5.27. The second-order valence-electron chi connectivity index (χ2n) is 8.52. The number of carbonyl (C=O) groups is 2. The number of aromatic nitrogens is 2. The number of nitrogens with zero attached hydrogens (tertiary/aromatic N) is 3. The van der Waals surface area contributed by atoms with Gasteiger partial charge in [-0.3, -0.25) is 0 Å². The van der Waals surface area contributed by atoms with Crippen LogP contribution in [-0.2, 0) is 9.47 Å². The molecule has 0 radical (unpaired) electrons. The van der Waals surface area contributed by atoms with E-state index in [-0.39, 0.29) is 28.0 Å². The number of hydrogen-bond donors (Lipinski definition) is 2. The van der Waals surface area contributed by atoms with E-state index in [0.717, 1.165) is 12.4 Å². The summed E-state index contributed by atoms with van der Waals surface area (Å²) >= 11 is 6.38. The molecule has 11 heteroatoms. The first-order chi connectivity index (χ1) is 14.2. The smallest absolute Gasteiger partial charge is 0.425 e. The minimum atomic E-state index is -1.05. The van der Waals surface area contributed by atoms with Crippen molar-refractivity contribution in [1.82, 2.24) is 9.97 Å². The second-order valence-corrected chi connectivity index (χ2v) is 8.90. The van der Waals surface area contributed by atoms with Gasteiger partial charge >= 0.3 is 12.2 Å². The van der Waals surface area contributed by atoms with Gasteiger partial charge in [-0.25, -0.2) is 23.9 Å². The summed E-state index contributed by atoms with van der Waals surface area (Å²) in [6.07, 6.45) is -1.04. The van der Waals surface area contributed by atoms with Gasteiger partial charge in [-0.2, -0.15) is 4.90 Å². The summed E-state index contributed by atoms with van der Waals surface area (Å²) in [4.78, 5) is 34.1. The molecule has 0 unspecified atom stereocenters. The molecule has 0 saturated carbocycles. The monoisotopic (exact) mass is 453 g/mol. The Morgan fingerprint density at radius 2 is 1.61 bits per heavy atom. The van der Waals surface area contributed by atoms with Gasteiger partial charge in [-0.05, 0) is 59.7 Å². The van der Waals surface area contributed by atoms with Crippen molar-refractivity contribution in [2.45, 2.75) is 52.7 Å². The Kier molecular flexibility index (Phi) is 6.95. The lowest BCUT2D eigenvalue weighted by Gasteiger charge is -2.28. The maximum atomic E-state index is 14.2. The van der Waals surface area contributed by atoms with E-state index in [0.29, 0.717) is 4.90 Å². The van der Waals surface area contributed by atoms with E-state index >= 15 is 0 Å². The highest BCUT2D eigenvalue weighted by Crippen LogP contribution is 2.33. The van der Waals surface area contributed by atoms with Crippen molar-refractivity contribution in [3.8, 4) is 0 Å². The summed E-state index contributed by atoms with van der Waals surface area (Å²) in [5.74, 6) is -0.988. The van der Waals surface area contributed by atoms with E-state index in [1.54, 1.807) is 41.5 Å². The number of halogens is 2. The number of nitrogens with two attached hydrogens (primary N) is 1. The molecule has 1 heterocycles. The zero-order chi connectivity index (χ0) is 23.6. The highest BCUT2D eigenvalue weighted by molar-refractivity contribution is 6.36. The minimum Gasteiger partial charge on any atom is -0.443 e. The topological polar surface area (TPSA) is 120 Å².